The van der Waals surface area contributed by atoms with Gasteiger partial charge in [-0.2, -0.15) is 0 Å². The Kier molecular flexibility index (Phi) is 4.82. The number of thiophene rings is 1. The van der Waals surface area contributed by atoms with Gasteiger partial charge < -0.3 is 14.8 Å². The highest BCUT2D eigenvalue weighted by Gasteiger charge is 2.29. The van der Waals surface area contributed by atoms with E-state index in [0.717, 1.165) is 30.6 Å². The number of nitrogens with one attached hydrogen (secondary N) is 1. The zero-order chi connectivity index (χ0) is 16.3. The van der Waals surface area contributed by atoms with Gasteiger partial charge in [0.2, 0.25) is 11.8 Å². The van der Waals surface area contributed by atoms with Crippen molar-refractivity contribution >= 4 is 17.2 Å². The number of aryl methyl sites for hydroxylation is 1. The van der Waals surface area contributed by atoms with Crippen LogP contribution >= 0.6 is 11.3 Å². The molecule has 2 N–H and O–H groups in total. The Morgan fingerprint density at radius 2 is 2.22 bits per heavy atom. The monoisotopic (exact) mass is 334 g/mol. The first kappa shape index (κ1) is 16.2. The molecule has 0 atom stereocenters. The fourth-order valence-corrected chi connectivity index (χ4v) is 3.61. The molecule has 0 spiro atoms. The second-order valence-electron chi connectivity index (χ2n) is 6.24. The molecule has 6 heteroatoms. The molecule has 1 aliphatic carbocycles. The maximum atomic E-state index is 12.1. The first-order chi connectivity index (χ1) is 11.1. The Morgan fingerprint density at radius 1 is 1.43 bits per heavy atom. The van der Waals surface area contributed by atoms with E-state index in [1.165, 1.54) is 6.42 Å². The fraction of sp³-hybridized carbons (Fsp3) is 0.529. The standard InChI is InChI=1S/C17H22N2O3S/c1-12-13(19-16(22-12)14-6-5-9-23-14)10-15(20)18-11-17(21)7-3-2-4-8-17/h5-6,9,21H,2-4,7-8,10-11H2,1H3,(H,18,20). The summed E-state index contributed by atoms with van der Waals surface area (Å²) in [6.07, 6.45) is 4.92. The summed E-state index contributed by atoms with van der Waals surface area (Å²) in [5.74, 6) is 1.10. The Bertz CT molecular complexity index is 657. The molecule has 0 aromatic carbocycles. The lowest BCUT2D eigenvalue weighted by Crippen LogP contribution is -2.44. The summed E-state index contributed by atoms with van der Waals surface area (Å²) in [6, 6.07) is 3.88. The normalized spacial score (nSPS) is 17.1. The van der Waals surface area contributed by atoms with Crippen molar-refractivity contribution in [1.82, 2.24) is 10.3 Å². The van der Waals surface area contributed by atoms with E-state index in [9.17, 15) is 9.90 Å². The van der Waals surface area contributed by atoms with Gasteiger partial charge in [-0.25, -0.2) is 4.98 Å². The van der Waals surface area contributed by atoms with Crippen molar-refractivity contribution in [2.75, 3.05) is 6.54 Å². The van der Waals surface area contributed by atoms with E-state index in [0.29, 0.717) is 23.9 Å². The molecule has 2 heterocycles. The predicted octanol–water partition coefficient (Wildman–Crippen LogP) is 3.07. The minimum absolute atomic E-state index is 0.127. The van der Waals surface area contributed by atoms with Crippen LogP contribution in [-0.4, -0.2) is 28.1 Å². The van der Waals surface area contributed by atoms with Crippen molar-refractivity contribution in [3.8, 4) is 10.8 Å². The van der Waals surface area contributed by atoms with Crippen LogP contribution in [0.25, 0.3) is 10.8 Å². The van der Waals surface area contributed by atoms with Crippen molar-refractivity contribution in [1.29, 1.82) is 0 Å². The minimum Gasteiger partial charge on any atom is -0.440 e. The molecule has 0 unspecified atom stereocenters. The lowest BCUT2D eigenvalue weighted by Gasteiger charge is -2.32. The summed E-state index contributed by atoms with van der Waals surface area (Å²) >= 11 is 1.56. The third kappa shape index (κ3) is 4.00. The molecule has 0 aliphatic heterocycles. The quantitative estimate of drug-likeness (QED) is 0.881. The van der Waals surface area contributed by atoms with Gasteiger partial charge in [-0.3, -0.25) is 4.79 Å². The van der Waals surface area contributed by atoms with Crippen LogP contribution in [0.4, 0.5) is 0 Å². The lowest BCUT2D eigenvalue weighted by atomic mass is 9.85. The minimum atomic E-state index is -0.741. The van der Waals surface area contributed by atoms with Crippen LogP contribution in [0.5, 0.6) is 0 Å². The molecule has 3 rings (SSSR count). The average Bonchev–Trinajstić information content (AvgIpc) is 3.17. The van der Waals surface area contributed by atoms with Gasteiger partial charge in [0, 0.05) is 6.54 Å². The SMILES string of the molecule is Cc1oc(-c2cccs2)nc1CC(=O)NCC1(O)CCCCC1. The number of carbonyl (C=O) groups excluding carboxylic acids is 1. The molecular formula is C17H22N2O3S. The van der Waals surface area contributed by atoms with Gasteiger partial charge >= 0.3 is 0 Å². The molecular weight excluding hydrogens is 312 g/mol. The number of hydrogen-bond donors (Lipinski definition) is 2. The molecule has 0 bridgehead atoms. The molecule has 2 aromatic heterocycles. The average molecular weight is 334 g/mol. The van der Waals surface area contributed by atoms with Crippen LogP contribution in [0.1, 0.15) is 43.6 Å². The predicted molar refractivity (Wildman–Crippen MR) is 89.3 cm³/mol. The highest BCUT2D eigenvalue weighted by Crippen LogP contribution is 2.28. The molecule has 23 heavy (non-hydrogen) atoms. The van der Waals surface area contributed by atoms with Crippen molar-refractivity contribution in [3.63, 3.8) is 0 Å². The second kappa shape index (κ2) is 6.84. The summed E-state index contributed by atoms with van der Waals surface area (Å²) in [5, 5.41) is 15.2. The van der Waals surface area contributed by atoms with E-state index >= 15 is 0 Å². The van der Waals surface area contributed by atoms with Gasteiger partial charge in [0.15, 0.2) is 0 Å². The zero-order valence-corrected chi connectivity index (χ0v) is 14.1. The number of carbonyl (C=O) groups is 1. The summed E-state index contributed by atoms with van der Waals surface area (Å²) in [7, 11) is 0. The van der Waals surface area contributed by atoms with Crippen LogP contribution in [0.3, 0.4) is 0 Å². The highest BCUT2D eigenvalue weighted by molar-refractivity contribution is 7.13. The largest absolute Gasteiger partial charge is 0.440 e. The number of hydrogen-bond acceptors (Lipinski definition) is 5. The smallest absolute Gasteiger partial charge is 0.236 e. The number of nitrogens with zero attached hydrogens (tertiary/aromatic N) is 1. The number of amides is 1. The maximum Gasteiger partial charge on any atom is 0.236 e. The summed E-state index contributed by atoms with van der Waals surface area (Å²) in [4.78, 5) is 17.5. The molecule has 1 amide bonds. The summed E-state index contributed by atoms with van der Waals surface area (Å²) < 4.78 is 5.64. The van der Waals surface area contributed by atoms with E-state index in [-0.39, 0.29) is 12.3 Å². The van der Waals surface area contributed by atoms with Gasteiger partial charge in [-0.05, 0) is 31.2 Å². The highest BCUT2D eigenvalue weighted by atomic mass is 32.1. The van der Waals surface area contributed by atoms with Gasteiger partial charge in [0.25, 0.3) is 0 Å². The fourth-order valence-electron chi connectivity index (χ4n) is 2.96. The Labute approximate surface area is 139 Å². The molecule has 5 nitrogen and oxygen atoms in total. The van der Waals surface area contributed by atoms with Crippen LogP contribution in [-0.2, 0) is 11.2 Å². The zero-order valence-electron chi connectivity index (χ0n) is 13.3. The van der Waals surface area contributed by atoms with Crippen molar-refractivity contribution < 1.29 is 14.3 Å². The Morgan fingerprint density at radius 3 is 2.91 bits per heavy atom. The topological polar surface area (TPSA) is 75.4 Å². The van der Waals surface area contributed by atoms with Crippen LogP contribution in [0, 0.1) is 6.92 Å². The molecule has 124 valence electrons. The van der Waals surface area contributed by atoms with Gasteiger partial charge in [0.05, 0.1) is 22.6 Å². The number of aliphatic hydroxyl groups is 1. The Hall–Kier alpha value is -1.66. The molecule has 1 saturated carbocycles. The van der Waals surface area contributed by atoms with E-state index in [1.807, 2.05) is 24.4 Å². The van der Waals surface area contributed by atoms with Crippen molar-refractivity contribution in [3.05, 3.63) is 29.0 Å². The van der Waals surface area contributed by atoms with E-state index in [1.54, 1.807) is 11.3 Å². The first-order valence-corrected chi connectivity index (χ1v) is 8.93. The van der Waals surface area contributed by atoms with Crippen LogP contribution in [0.2, 0.25) is 0 Å². The molecule has 2 aromatic rings. The summed E-state index contributed by atoms with van der Waals surface area (Å²) in [6.45, 7) is 2.14. The maximum absolute atomic E-state index is 12.1. The van der Waals surface area contributed by atoms with Crippen molar-refractivity contribution in [2.24, 2.45) is 0 Å². The van der Waals surface area contributed by atoms with Gasteiger partial charge in [0.1, 0.15) is 5.76 Å². The van der Waals surface area contributed by atoms with Gasteiger partial charge in [-0.15, -0.1) is 11.3 Å². The second-order valence-corrected chi connectivity index (χ2v) is 7.19. The third-order valence-electron chi connectivity index (χ3n) is 4.35. The first-order valence-electron chi connectivity index (χ1n) is 8.05. The van der Waals surface area contributed by atoms with E-state index < -0.39 is 5.60 Å². The van der Waals surface area contributed by atoms with Crippen LogP contribution < -0.4 is 5.32 Å². The lowest BCUT2D eigenvalue weighted by molar-refractivity contribution is -0.122. The molecule has 0 saturated heterocycles. The van der Waals surface area contributed by atoms with Gasteiger partial charge in [-0.1, -0.05) is 25.3 Å². The molecule has 0 radical (unpaired) electrons. The number of rotatable bonds is 5. The van der Waals surface area contributed by atoms with E-state index in [2.05, 4.69) is 10.3 Å². The van der Waals surface area contributed by atoms with Crippen LogP contribution in [0.15, 0.2) is 21.9 Å². The van der Waals surface area contributed by atoms with Crippen molar-refractivity contribution in [2.45, 2.75) is 51.0 Å². The van der Waals surface area contributed by atoms with E-state index in [4.69, 9.17) is 4.42 Å². The summed E-state index contributed by atoms with van der Waals surface area (Å²) in [5.41, 5.74) is -0.0870. The number of oxazole rings is 1. The molecule has 1 fully saturated rings. The Balaban J connectivity index is 1.57. The molecule has 1 aliphatic rings. The number of aromatic nitrogens is 1. The third-order valence-corrected chi connectivity index (χ3v) is 5.21.